The van der Waals surface area contributed by atoms with Gasteiger partial charge in [-0.1, -0.05) is 15.9 Å². The van der Waals surface area contributed by atoms with Crippen molar-refractivity contribution < 1.29 is 4.39 Å². The summed E-state index contributed by atoms with van der Waals surface area (Å²) in [7, 11) is 2.16. The van der Waals surface area contributed by atoms with Gasteiger partial charge in [0.15, 0.2) is 0 Å². The van der Waals surface area contributed by atoms with E-state index in [0.29, 0.717) is 6.04 Å². The highest BCUT2D eigenvalue weighted by Gasteiger charge is 2.02. The van der Waals surface area contributed by atoms with Gasteiger partial charge in [0.1, 0.15) is 5.82 Å². The van der Waals surface area contributed by atoms with E-state index in [-0.39, 0.29) is 5.82 Å². The molecular weight excluding hydrogens is 307 g/mol. The maximum absolute atomic E-state index is 13.2. The molecule has 0 spiro atoms. The second kappa shape index (κ2) is 8.67. The number of nitrogens with zero attached hydrogens (tertiary/aromatic N) is 1. The van der Waals surface area contributed by atoms with Crippen molar-refractivity contribution in [2.75, 3.05) is 20.1 Å². The van der Waals surface area contributed by atoms with Crippen molar-refractivity contribution in [1.82, 2.24) is 10.2 Å². The summed E-state index contributed by atoms with van der Waals surface area (Å²) in [6, 6.07) is 5.61. The van der Waals surface area contributed by atoms with E-state index in [9.17, 15) is 4.39 Å². The van der Waals surface area contributed by atoms with E-state index in [4.69, 9.17) is 0 Å². The molecule has 0 radical (unpaired) electrons. The number of halogens is 2. The summed E-state index contributed by atoms with van der Waals surface area (Å²) in [5.41, 5.74) is 0.978. The SMILES string of the molecule is CC(C)N(C)CCCCNCc1cc(F)cc(Br)c1. The lowest BCUT2D eigenvalue weighted by Crippen LogP contribution is -2.27. The lowest BCUT2D eigenvalue weighted by atomic mass is 10.2. The van der Waals surface area contributed by atoms with Crippen LogP contribution < -0.4 is 5.32 Å². The van der Waals surface area contributed by atoms with E-state index < -0.39 is 0 Å². The van der Waals surface area contributed by atoms with Gasteiger partial charge in [-0.2, -0.15) is 0 Å². The molecular formula is C15H24BrFN2. The summed E-state index contributed by atoms with van der Waals surface area (Å²) in [4.78, 5) is 2.35. The van der Waals surface area contributed by atoms with Crippen LogP contribution in [0.3, 0.4) is 0 Å². The summed E-state index contributed by atoms with van der Waals surface area (Å²) >= 11 is 3.30. The van der Waals surface area contributed by atoms with E-state index in [2.05, 4.69) is 47.0 Å². The van der Waals surface area contributed by atoms with Crippen LogP contribution in [0.2, 0.25) is 0 Å². The van der Waals surface area contributed by atoms with Gasteiger partial charge in [0.2, 0.25) is 0 Å². The highest BCUT2D eigenvalue weighted by Crippen LogP contribution is 2.14. The molecule has 0 aliphatic carbocycles. The third kappa shape index (κ3) is 7.04. The molecule has 1 aromatic carbocycles. The Bertz CT molecular complexity index is 362. The Kier molecular flexibility index (Phi) is 7.57. The molecule has 0 atom stereocenters. The fourth-order valence-corrected chi connectivity index (χ4v) is 2.33. The van der Waals surface area contributed by atoms with Crippen molar-refractivity contribution in [2.24, 2.45) is 0 Å². The molecule has 108 valence electrons. The smallest absolute Gasteiger partial charge is 0.124 e. The lowest BCUT2D eigenvalue weighted by Gasteiger charge is -2.20. The Morgan fingerprint density at radius 3 is 2.63 bits per heavy atom. The first-order valence-corrected chi connectivity index (χ1v) is 7.64. The number of nitrogens with one attached hydrogen (secondary N) is 1. The first-order chi connectivity index (χ1) is 8.99. The van der Waals surface area contributed by atoms with Crippen molar-refractivity contribution >= 4 is 15.9 Å². The summed E-state index contributed by atoms with van der Waals surface area (Å²) in [6.07, 6.45) is 2.34. The topological polar surface area (TPSA) is 15.3 Å². The third-order valence-electron chi connectivity index (χ3n) is 3.25. The second-order valence-electron chi connectivity index (χ2n) is 5.24. The fourth-order valence-electron chi connectivity index (χ4n) is 1.82. The van der Waals surface area contributed by atoms with Crippen molar-refractivity contribution in [3.05, 3.63) is 34.1 Å². The van der Waals surface area contributed by atoms with Gasteiger partial charge in [-0.25, -0.2) is 4.39 Å². The second-order valence-corrected chi connectivity index (χ2v) is 6.15. The van der Waals surface area contributed by atoms with Gasteiger partial charge in [0, 0.05) is 17.1 Å². The zero-order valence-electron chi connectivity index (χ0n) is 12.0. The van der Waals surface area contributed by atoms with E-state index >= 15 is 0 Å². The number of hydrogen-bond acceptors (Lipinski definition) is 2. The standard InChI is InChI=1S/C15H24BrFN2/c1-12(2)19(3)7-5-4-6-18-11-13-8-14(16)10-15(17)9-13/h8-10,12,18H,4-7,11H2,1-3H3. The maximum atomic E-state index is 13.2. The van der Waals surface area contributed by atoms with E-state index in [1.807, 2.05) is 6.07 Å². The third-order valence-corrected chi connectivity index (χ3v) is 3.71. The average Bonchev–Trinajstić information content (AvgIpc) is 2.31. The summed E-state index contributed by atoms with van der Waals surface area (Å²) in [6.45, 7) is 7.24. The van der Waals surface area contributed by atoms with Crippen molar-refractivity contribution in [1.29, 1.82) is 0 Å². The summed E-state index contributed by atoms with van der Waals surface area (Å²) in [5.74, 6) is -0.190. The predicted octanol–water partition coefficient (Wildman–Crippen LogP) is 3.80. The molecule has 1 aromatic rings. The Labute approximate surface area is 124 Å². The maximum Gasteiger partial charge on any atom is 0.124 e. The number of unbranched alkanes of at least 4 members (excludes halogenated alkanes) is 1. The van der Waals surface area contributed by atoms with Gasteiger partial charge in [-0.3, -0.25) is 0 Å². The zero-order chi connectivity index (χ0) is 14.3. The van der Waals surface area contributed by atoms with Gasteiger partial charge in [-0.15, -0.1) is 0 Å². The first-order valence-electron chi connectivity index (χ1n) is 6.85. The summed E-state index contributed by atoms with van der Waals surface area (Å²) in [5, 5.41) is 3.35. The van der Waals surface area contributed by atoms with Gasteiger partial charge >= 0.3 is 0 Å². The zero-order valence-corrected chi connectivity index (χ0v) is 13.6. The van der Waals surface area contributed by atoms with Crippen LogP contribution in [0.1, 0.15) is 32.3 Å². The first kappa shape index (κ1) is 16.6. The van der Waals surface area contributed by atoms with Gasteiger partial charge < -0.3 is 10.2 Å². The van der Waals surface area contributed by atoms with E-state index in [0.717, 1.165) is 36.1 Å². The quantitative estimate of drug-likeness (QED) is 0.729. The predicted molar refractivity (Wildman–Crippen MR) is 82.8 cm³/mol. The van der Waals surface area contributed by atoms with Crippen LogP contribution in [0, 0.1) is 5.82 Å². The van der Waals surface area contributed by atoms with Crippen molar-refractivity contribution in [3.63, 3.8) is 0 Å². The Balaban J connectivity index is 2.14. The highest BCUT2D eigenvalue weighted by atomic mass is 79.9. The van der Waals surface area contributed by atoms with Crippen LogP contribution in [0.4, 0.5) is 4.39 Å². The lowest BCUT2D eigenvalue weighted by molar-refractivity contribution is 0.268. The average molecular weight is 331 g/mol. The van der Waals surface area contributed by atoms with Crippen LogP contribution in [-0.4, -0.2) is 31.1 Å². The van der Waals surface area contributed by atoms with Gasteiger partial charge in [0.25, 0.3) is 0 Å². The minimum absolute atomic E-state index is 0.190. The number of benzene rings is 1. The molecule has 1 N–H and O–H groups in total. The molecule has 0 amide bonds. The molecule has 0 saturated carbocycles. The largest absolute Gasteiger partial charge is 0.313 e. The molecule has 0 bridgehead atoms. The van der Waals surface area contributed by atoms with Gasteiger partial charge in [-0.05, 0) is 70.6 Å². The molecule has 0 aliphatic rings. The highest BCUT2D eigenvalue weighted by molar-refractivity contribution is 9.10. The van der Waals surface area contributed by atoms with Gasteiger partial charge in [0.05, 0.1) is 0 Å². The number of rotatable bonds is 8. The van der Waals surface area contributed by atoms with Crippen molar-refractivity contribution in [3.8, 4) is 0 Å². The minimum Gasteiger partial charge on any atom is -0.313 e. The molecule has 0 saturated heterocycles. The van der Waals surface area contributed by atoms with E-state index in [1.54, 1.807) is 6.07 Å². The monoisotopic (exact) mass is 330 g/mol. The molecule has 0 unspecified atom stereocenters. The molecule has 2 nitrogen and oxygen atoms in total. The van der Waals surface area contributed by atoms with Crippen LogP contribution in [0.25, 0.3) is 0 Å². The number of hydrogen-bond donors (Lipinski definition) is 1. The molecule has 0 aromatic heterocycles. The van der Waals surface area contributed by atoms with Crippen LogP contribution in [0.5, 0.6) is 0 Å². The molecule has 19 heavy (non-hydrogen) atoms. The molecule has 0 heterocycles. The van der Waals surface area contributed by atoms with Crippen LogP contribution in [0.15, 0.2) is 22.7 Å². The van der Waals surface area contributed by atoms with Crippen LogP contribution >= 0.6 is 15.9 Å². The minimum atomic E-state index is -0.190. The molecule has 4 heteroatoms. The molecule has 0 aliphatic heterocycles. The Morgan fingerprint density at radius 2 is 2.00 bits per heavy atom. The molecule has 0 fully saturated rings. The van der Waals surface area contributed by atoms with Crippen LogP contribution in [-0.2, 0) is 6.54 Å². The van der Waals surface area contributed by atoms with Crippen molar-refractivity contribution in [2.45, 2.75) is 39.3 Å². The summed E-state index contributed by atoms with van der Waals surface area (Å²) < 4.78 is 14.0. The Morgan fingerprint density at radius 1 is 1.26 bits per heavy atom. The fraction of sp³-hybridized carbons (Fsp3) is 0.600. The normalized spacial score (nSPS) is 11.5. The van der Waals surface area contributed by atoms with E-state index in [1.165, 1.54) is 12.5 Å². The Hall–Kier alpha value is -0.450. The molecule has 1 rings (SSSR count).